The number of fused-ring (bicyclic) bond motifs is 1. The molecule has 0 saturated carbocycles. The number of esters is 3. The van der Waals surface area contributed by atoms with Crippen molar-refractivity contribution in [1.82, 2.24) is 0 Å². The van der Waals surface area contributed by atoms with Crippen molar-refractivity contribution in [3.05, 3.63) is 47.6 Å². The number of ether oxygens (including phenoxy) is 3. The van der Waals surface area contributed by atoms with Gasteiger partial charge in [-0.15, -0.1) is 0 Å². The second-order valence-electron chi connectivity index (χ2n) is 7.06. The number of carbonyl (C=O) groups excluding carboxylic acids is 3. The average Bonchev–Trinajstić information content (AvgIpc) is 2.90. The van der Waals surface area contributed by atoms with Crippen molar-refractivity contribution < 1.29 is 33.7 Å². The fraction of sp³-hybridized carbons (Fsp3) is 0.476. The minimum absolute atomic E-state index is 0.0183. The Morgan fingerprint density at radius 3 is 2.57 bits per heavy atom. The van der Waals surface area contributed by atoms with E-state index < -0.39 is 36.0 Å². The largest absolute Gasteiger partial charge is 0.461 e. The second kappa shape index (κ2) is 9.50. The van der Waals surface area contributed by atoms with E-state index in [0.29, 0.717) is 12.8 Å². The van der Waals surface area contributed by atoms with E-state index in [1.807, 2.05) is 6.08 Å². The predicted octanol–water partition coefficient (Wildman–Crippen LogP) is 2.16. The molecule has 2 rings (SSSR count). The normalized spacial score (nSPS) is 28.8. The molecule has 0 unspecified atom stereocenters. The van der Waals surface area contributed by atoms with Gasteiger partial charge in [0.25, 0.3) is 0 Å². The molecule has 1 saturated heterocycles. The third-order valence-electron chi connectivity index (χ3n) is 4.64. The second-order valence-corrected chi connectivity index (χ2v) is 7.06. The maximum atomic E-state index is 12.0. The van der Waals surface area contributed by atoms with Crippen LogP contribution in [0.2, 0.25) is 0 Å². The summed E-state index contributed by atoms with van der Waals surface area (Å²) in [7, 11) is 0. The monoisotopic (exact) mass is 390 g/mol. The van der Waals surface area contributed by atoms with Gasteiger partial charge in [0.05, 0.1) is 12.0 Å². The lowest BCUT2D eigenvalue weighted by Gasteiger charge is -2.24. The molecule has 7 nitrogen and oxygen atoms in total. The first-order chi connectivity index (χ1) is 13.2. The lowest BCUT2D eigenvalue weighted by molar-refractivity contribution is -0.140. The summed E-state index contributed by atoms with van der Waals surface area (Å²) in [6.45, 7) is 10.3. The summed E-state index contributed by atoms with van der Waals surface area (Å²) >= 11 is 0. The van der Waals surface area contributed by atoms with E-state index in [4.69, 9.17) is 14.2 Å². The topological polar surface area (TPSA) is 99.1 Å². The predicted molar refractivity (Wildman–Crippen MR) is 101 cm³/mol. The van der Waals surface area contributed by atoms with Gasteiger partial charge in [-0.1, -0.05) is 19.2 Å². The Morgan fingerprint density at radius 2 is 1.93 bits per heavy atom. The highest BCUT2D eigenvalue weighted by Crippen LogP contribution is 2.34. The molecule has 0 aromatic rings. The molecule has 1 aliphatic heterocycles. The highest BCUT2D eigenvalue weighted by Gasteiger charge is 2.42. The van der Waals surface area contributed by atoms with Gasteiger partial charge in [-0.05, 0) is 43.4 Å². The molecule has 1 N–H and O–H groups in total. The third kappa shape index (κ3) is 5.66. The van der Waals surface area contributed by atoms with Crippen molar-refractivity contribution in [3.8, 4) is 0 Å². The summed E-state index contributed by atoms with van der Waals surface area (Å²) in [6, 6.07) is 0. The molecule has 1 aliphatic carbocycles. The molecule has 0 bridgehead atoms. The maximum Gasteiger partial charge on any atom is 0.334 e. The van der Waals surface area contributed by atoms with Crippen LogP contribution in [0.4, 0.5) is 0 Å². The highest BCUT2D eigenvalue weighted by molar-refractivity contribution is 5.91. The number of rotatable bonds is 5. The van der Waals surface area contributed by atoms with Gasteiger partial charge in [-0.3, -0.25) is 4.79 Å². The minimum atomic E-state index is -0.942. The van der Waals surface area contributed by atoms with Gasteiger partial charge < -0.3 is 19.3 Å². The van der Waals surface area contributed by atoms with Crippen LogP contribution in [0.5, 0.6) is 0 Å². The Bertz CT molecular complexity index is 744. The number of hydrogen-bond donors (Lipinski definition) is 1. The van der Waals surface area contributed by atoms with Crippen molar-refractivity contribution in [2.75, 3.05) is 13.2 Å². The van der Waals surface area contributed by atoms with E-state index in [-0.39, 0.29) is 30.8 Å². The maximum absolute atomic E-state index is 12.0. The quantitative estimate of drug-likeness (QED) is 0.332. The summed E-state index contributed by atoms with van der Waals surface area (Å²) in [6.07, 6.45) is 3.36. The van der Waals surface area contributed by atoms with E-state index in [1.165, 1.54) is 6.92 Å². The molecule has 0 spiro atoms. The first-order valence-electron chi connectivity index (χ1n) is 9.10. The third-order valence-corrected chi connectivity index (χ3v) is 4.64. The molecule has 0 aromatic heterocycles. The first kappa shape index (κ1) is 21.6. The minimum Gasteiger partial charge on any atom is -0.461 e. The Labute approximate surface area is 164 Å². The fourth-order valence-electron chi connectivity index (χ4n) is 3.17. The van der Waals surface area contributed by atoms with E-state index in [2.05, 4.69) is 13.2 Å². The molecule has 2 aliphatic rings. The molecule has 3 atom stereocenters. The molecule has 0 radical (unpaired) electrons. The van der Waals surface area contributed by atoms with Crippen LogP contribution in [-0.4, -0.2) is 48.4 Å². The van der Waals surface area contributed by atoms with E-state index >= 15 is 0 Å². The summed E-state index contributed by atoms with van der Waals surface area (Å²) in [5.41, 5.74) is 1.98. The zero-order chi connectivity index (χ0) is 20.8. The van der Waals surface area contributed by atoms with Gasteiger partial charge in [0.2, 0.25) is 0 Å². The zero-order valence-corrected chi connectivity index (χ0v) is 16.2. The van der Waals surface area contributed by atoms with Gasteiger partial charge >= 0.3 is 17.9 Å². The molecule has 0 aromatic carbocycles. The Kier molecular flexibility index (Phi) is 7.34. The number of allylic oxidation sites excluding steroid dienone is 1. The lowest BCUT2D eigenvalue weighted by Crippen LogP contribution is -2.30. The van der Waals surface area contributed by atoms with Gasteiger partial charge in [0, 0.05) is 18.1 Å². The van der Waals surface area contributed by atoms with Gasteiger partial charge in [0.15, 0.2) is 0 Å². The van der Waals surface area contributed by atoms with Crippen molar-refractivity contribution in [2.24, 2.45) is 5.92 Å². The lowest BCUT2D eigenvalue weighted by atomic mass is 9.85. The standard InChI is InChI=1S/C21H26O7/c1-12(2)20(24)27-11-15-6-5-7-16(10-26-14(4)22)9-18-19(17(23)8-15)13(3)21(25)28-18/h6,9,17-19,23H,1,3,5,7-8,10-11H2,2,4H3/b15-6+,16-9+/t17-,18-,19-/m1/s1. The van der Waals surface area contributed by atoms with Crippen molar-refractivity contribution in [1.29, 1.82) is 0 Å². The average molecular weight is 390 g/mol. The summed E-state index contributed by atoms with van der Waals surface area (Å²) < 4.78 is 15.6. The number of aliphatic hydroxyl groups excluding tert-OH is 1. The van der Waals surface area contributed by atoms with Crippen LogP contribution < -0.4 is 0 Å². The number of hydrogen-bond acceptors (Lipinski definition) is 7. The highest BCUT2D eigenvalue weighted by atomic mass is 16.6. The zero-order valence-electron chi connectivity index (χ0n) is 16.2. The molecule has 0 amide bonds. The van der Waals surface area contributed by atoms with Crippen LogP contribution in [0.15, 0.2) is 47.6 Å². The van der Waals surface area contributed by atoms with Crippen molar-refractivity contribution >= 4 is 17.9 Å². The molecule has 1 heterocycles. The van der Waals surface area contributed by atoms with Gasteiger partial charge in [-0.2, -0.15) is 0 Å². The van der Waals surface area contributed by atoms with Crippen molar-refractivity contribution in [3.63, 3.8) is 0 Å². The van der Waals surface area contributed by atoms with E-state index in [9.17, 15) is 19.5 Å². The smallest absolute Gasteiger partial charge is 0.334 e. The number of carbonyl (C=O) groups is 3. The summed E-state index contributed by atoms with van der Waals surface area (Å²) in [4.78, 5) is 34.8. The van der Waals surface area contributed by atoms with E-state index in [0.717, 1.165) is 11.1 Å². The SMILES string of the molecule is C=C(C)C(=O)OC/C1=C/CC/C(COC(C)=O)=C\[C@H]2OC(=O)C(=C)[C@@H]2[C@H](O)C1. The molecular formula is C21H26O7. The van der Waals surface area contributed by atoms with Gasteiger partial charge in [0.1, 0.15) is 19.3 Å². The van der Waals surface area contributed by atoms with Crippen LogP contribution in [0.25, 0.3) is 0 Å². The first-order valence-corrected chi connectivity index (χ1v) is 9.10. The Balaban J connectivity index is 2.24. The van der Waals surface area contributed by atoms with Crippen LogP contribution in [0.1, 0.15) is 33.1 Å². The molecule has 28 heavy (non-hydrogen) atoms. The number of aliphatic hydroxyl groups is 1. The Hall–Kier alpha value is -2.67. The summed E-state index contributed by atoms with van der Waals surface area (Å²) in [5.74, 6) is -2.11. The van der Waals surface area contributed by atoms with Crippen LogP contribution in [0.3, 0.4) is 0 Å². The van der Waals surface area contributed by atoms with Crippen LogP contribution in [0, 0.1) is 5.92 Å². The van der Waals surface area contributed by atoms with Crippen LogP contribution in [-0.2, 0) is 28.6 Å². The van der Waals surface area contributed by atoms with Crippen molar-refractivity contribution in [2.45, 2.75) is 45.3 Å². The van der Waals surface area contributed by atoms with Gasteiger partial charge in [-0.25, -0.2) is 9.59 Å². The van der Waals surface area contributed by atoms with Crippen LogP contribution >= 0.6 is 0 Å². The fourth-order valence-corrected chi connectivity index (χ4v) is 3.17. The molecular weight excluding hydrogens is 364 g/mol. The molecule has 7 heteroatoms. The summed E-state index contributed by atoms with van der Waals surface area (Å²) in [5, 5.41) is 10.7. The van der Waals surface area contributed by atoms with E-state index in [1.54, 1.807) is 13.0 Å². The molecule has 152 valence electrons. The Morgan fingerprint density at radius 1 is 1.25 bits per heavy atom. The molecule has 1 fully saturated rings.